The molecule has 2 aliphatic rings. The lowest BCUT2D eigenvalue weighted by atomic mass is 10.0. The predicted octanol–water partition coefficient (Wildman–Crippen LogP) is 4.44. The van der Waals surface area contributed by atoms with Gasteiger partial charge in [0.15, 0.2) is 11.4 Å². The van der Waals surface area contributed by atoms with Gasteiger partial charge in [0.2, 0.25) is 0 Å². The molecule has 38 heavy (non-hydrogen) atoms. The highest BCUT2D eigenvalue weighted by molar-refractivity contribution is 7.99. The number of ether oxygens (including phenoxy) is 2. The molecular formula is C28H24N4O5S. The van der Waals surface area contributed by atoms with Gasteiger partial charge in [-0.3, -0.25) is 14.7 Å². The smallest absolute Gasteiger partial charge is 0.266 e. The van der Waals surface area contributed by atoms with E-state index in [0.29, 0.717) is 39.7 Å². The van der Waals surface area contributed by atoms with Crippen molar-refractivity contribution in [1.29, 1.82) is 0 Å². The summed E-state index contributed by atoms with van der Waals surface area (Å²) in [6.45, 7) is -0.0292. The third-order valence-corrected chi connectivity index (χ3v) is 7.62. The standard InChI is InChI=1S/C28H24N4O5S/c33-14-17-8-10-18(11-9-17)24-13-21(15-38-28-29-16-30-31-28)36-27(37-24)19-4-3-5-20(12-19)32-25(34)22-6-1-2-7-23(22)26(32)35/h1-12,16,21,24,27,33H,13-15H2,(H,29,30,31)/t21-,24+,27+/m0/s1. The molecule has 0 bridgehead atoms. The number of aromatic amines is 1. The van der Waals surface area contributed by atoms with Crippen molar-refractivity contribution in [3.8, 4) is 0 Å². The predicted molar refractivity (Wildman–Crippen MR) is 140 cm³/mol. The number of imide groups is 1. The maximum Gasteiger partial charge on any atom is 0.266 e. The second kappa shape index (κ2) is 10.5. The molecule has 0 unspecified atom stereocenters. The Balaban J connectivity index is 1.27. The maximum absolute atomic E-state index is 13.0. The molecule has 0 saturated carbocycles. The first-order chi connectivity index (χ1) is 18.6. The molecule has 3 atom stereocenters. The Hall–Kier alpha value is -3.83. The molecule has 1 fully saturated rings. The number of thioether (sulfide) groups is 1. The fourth-order valence-electron chi connectivity index (χ4n) is 4.69. The summed E-state index contributed by atoms with van der Waals surface area (Å²) in [4.78, 5) is 31.5. The summed E-state index contributed by atoms with van der Waals surface area (Å²) in [5.41, 5.74) is 3.74. The third kappa shape index (κ3) is 4.74. The lowest BCUT2D eigenvalue weighted by Gasteiger charge is -2.36. The molecule has 3 heterocycles. The molecule has 2 N–H and O–H groups in total. The Bertz CT molecular complexity index is 1430. The number of rotatable bonds is 7. The summed E-state index contributed by atoms with van der Waals surface area (Å²) >= 11 is 1.51. The van der Waals surface area contributed by atoms with Crippen molar-refractivity contribution in [2.75, 3.05) is 10.7 Å². The monoisotopic (exact) mass is 528 g/mol. The minimum Gasteiger partial charge on any atom is -0.392 e. The lowest BCUT2D eigenvalue weighted by molar-refractivity contribution is -0.245. The van der Waals surface area contributed by atoms with Crippen LogP contribution in [0.4, 0.5) is 5.69 Å². The van der Waals surface area contributed by atoms with Crippen molar-refractivity contribution < 1.29 is 24.2 Å². The van der Waals surface area contributed by atoms with Crippen LogP contribution in [0, 0.1) is 0 Å². The number of fused-ring (bicyclic) bond motifs is 1. The molecule has 4 aromatic rings. The van der Waals surface area contributed by atoms with Gasteiger partial charge in [-0.25, -0.2) is 9.88 Å². The number of carbonyl (C=O) groups excluding carboxylic acids is 2. The molecule has 9 nitrogen and oxygen atoms in total. The summed E-state index contributed by atoms with van der Waals surface area (Å²) in [5.74, 6) is -0.0777. The van der Waals surface area contributed by atoms with Crippen LogP contribution >= 0.6 is 11.8 Å². The largest absolute Gasteiger partial charge is 0.392 e. The molecule has 0 radical (unpaired) electrons. The van der Waals surface area contributed by atoms with Crippen LogP contribution in [0.15, 0.2) is 84.3 Å². The van der Waals surface area contributed by atoms with Crippen LogP contribution in [0.1, 0.15) is 56.2 Å². The zero-order chi connectivity index (χ0) is 26.1. The van der Waals surface area contributed by atoms with Gasteiger partial charge in [-0.05, 0) is 35.4 Å². The molecule has 6 rings (SSSR count). The first-order valence-electron chi connectivity index (χ1n) is 12.2. The van der Waals surface area contributed by atoms with Crippen molar-refractivity contribution in [2.45, 2.75) is 36.7 Å². The Kier molecular flexibility index (Phi) is 6.77. The van der Waals surface area contributed by atoms with Gasteiger partial charge in [-0.15, -0.1) is 0 Å². The number of H-pyrrole nitrogens is 1. The summed E-state index contributed by atoms with van der Waals surface area (Å²) in [6, 6.07) is 21.6. The van der Waals surface area contributed by atoms with E-state index in [-0.39, 0.29) is 30.6 Å². The second-order valence-electron chi connectivity index (χ2n) is 9.04. The van der Waals surface area contributed by atoms with Gasteiger partial charge in [-0.2, -0.15) is 5.10 Å². The molecule has 1 aromatic heterocycles. The van der Waals surface area contributed by atoms with Crippen LogP contribution in [0.2, 0.25) is 0 Å². The van der Waals surface area contributed by atoms with E-state index in [9.17, 15) is 14.7 Å². The number of amides is 2. The van der Waals surface area contributed by atoms with E-state index in [1.165, 1.54) is 23.0 Å². The van der Waals surface area contributed by atoms with Gasteiger partial charge in [-0.1, -0.05) is 60.3 Å². The van der Waals surface area contributed by atoms with Crippen LogP contribution in [0.25, 0.3) is 0 Å². The molecule has 10 heteroatoms. The lowest BCUT2D eigenvalue weighted by Crippen LogP contribution is -2.32. The van der Waals surface area contributed by atoms with Gasteiger partial charge in [0.1, 0.15) is 6.33 Å². The summed E-state index contributed by atoms with van der Waals surface area (Å²) in [7, 11) is 0. The Morgan fingerprint density at radius 2 is 1.71 bits per heavy atom. The highest BCUT2D eigenvalue weighted by Crippen LogP contribution is 2.40. The van der Waals surface area contributed by atoms with E-state index in [4.69, 9.17) is 9.47 Å². The molecule has 2 aliphatic heterocycles. The molecule has 3 aromatic carbocycles. The maximum atomic E-state index is 13.0. The fraction of sp³-hybridized carbons (Fsp3) is 0.214. The number of nitrogens with one attached hydrogen (secondary N) is 1. The molecule has 2 amide bonds. The van der Waals surface area contributed by atoms with E-state index in [0.717, 1.165) is 11.1 Å². The van der Waals surface area contributed by atoms with Crippen molar-refractivity contribution in [3.05, 3.63) is 107 Å². The van der Waals surface area contributed by atoms with Crippen LogP contribution < -0.4 is 4.90 Å². The second-order valence-corrected chi connectivity index (χ2v) is 10.0. The van der Waals surface area contributed by atoms with Gasteiger partial charge in [0.05, 0.1) is 35.6 Å². The van der Waals surface area contributed by atoms with Crippen LogP contribution in [0.5, 0.6) is 0 Å². The molecule has 0 spiro atoms. The SMILES string of the molecule is O=C1c2ccccc2C(=O)N1c1cccc([C@@H]2O[C@H](CSc3ncn[nH]3)C[C@H](c3ccc(CO)cc3)O2)c1. The number of carbonyl (C=O) groups is 2. The van der Waals surface area contributed by atoms with E-state index >= 15 is 0 Å². The normalized spacial score (nSPS) is 21.1. The number of benzene rings is 3. The first-order valence-corrected chi connectivity index (χ1v) is 13.2. The summed E-state index contributed by atoms with van der Waals surface area (Å²) in [5, 5.41) is 16.9. The number of anilines is 1. The summed E-state index contributed by atoms with van der Waals surface area (Å²) < 4.78 is 12.8. The fourth-order valence-corrected chi connectivity index (χ4v) is 5.49. The third-order valence-electron chi connectivity index (χ3n) is 6.61. The van der Waals surface area contributed by atoms with E-state index in [2.05, 4.69) is 15.2 Å². The Morgan fingerprint density at radius 3 is 2.39 bits per heavy atom. The molecule has 0 aliphatic carbocycles. The van der Waals surface area contributed by atoms with Crippen LogP contribution in [0.3, 0.4) is 0 Å². The highest BCUT2D eigenvalue weighted by atomic mass is 32.2. The van der Waals surface area contributed by atoms with E-state index in [1.807, 2.05) is 30.3 Å². The van der Waals surface area contributed by atoms with Crippen molar-refractivity contribution >= 4 is 29.3 Å². The zero-order valence-corrected chi connectivity index (χ0v) is 21.0. The number of hydrogen-bond acceptors (Lipinski definition) is 8. The number of hydrogen-bond donors (Lipinski definition) is 2. The van der Waals surface area contributed by atoms with Crippen molar-refractivity contribution in [3.63, 3.8) is 0 Å². The average Bonchev–Trinajstić information content (AvgIpc) is 3.58. The quantitative estimate of drug-likeness (QED) is 0.267. The Labute approximate surface area is 222 Å². The first kappa shape index (κ1) is 24.5. The highest BCUT2D eigenvalue weighted by Gasteiger charge is 2.37. The summed E-state index contributed by atoms with van der Waals surface area (Å²) in [6.07, 6.45) is 0.932. The average molecular weight is 529 g/mol. The van der Waals surface area contributed by atoms with Gasteiger partial charge in [0, 0.05) is 17.7 Å². The molecule has 192 valence electrons. The number of aliphatic hydroxyl groups is 1. The van der Waals surface area contributed by atoms with Gasteiger partial charge >= 0.3 is 0 Å². The van der Waals surface area contributed by atoms with Crippen molar-refractivity contribution in [1.82, 2.24) is 15.2 Å². The van der Waals surface area contributed by atoms with Crippen LogP contribution in [-0.2, 0) is 16.1 Å². The Morgan fingerprint density at radius 1 is 0.947 bits per heavy atom. The number of aromatic nitrogens is 3. The number of aliphatic hydroxyl groups excluding tert-OH is 1. The minimum absolute atomic E-state index is 0.0292. The van der Waals surface area contributed by atoms with Gasteiger partial charge in [0.25, 0.3) is 11.8 Å². The van der Waals surface area contributed by atoms with Gasteiger partial charge < -0.3 is 14.6 Å². The minimum atomic E-state index is -0.721. The van der Waals surface area contributed by atoms with Crippen LogP contribution in [-0.4, -0.2) is 44.0 Å². The molecular weight excluding hydrogens is 504 g/mol. The molecule has 1 saturated heterocycles. The zero-order valence-electron chi connectivity index (χ0n) is 20.2. The van der Waals surface area contributed by atoms with Crippen molar-refractivity contribution in [2.24, 2.45) is 0 Å². The number of nitrogens with zero attached hydrogens (tertiary/aromatic N) is 3. The van der Waals surface area contributed by atoms with E-state index < -0.39 is 6.29 Å². The van der Waals surface area contributed by atoms with E-state index in [1.54, 1.807) is 42.5 Å². The topological polar surface area (TPSA) is 118 Å².